The maximum absolute atomic E-state index is 12.6. The zero-order valence-corrected chi connectivity index (χ0v) is 14.3. The molecule has 3 heteroatoms. The second kappa shape index (κ2) is 6.23. The summed E-state index contributed by atoms with van der Waals surface area (Å²) < 4.78 is 5.69. The van der Waals surface area contributed by atoms with Gasteiger partial charge in [0.25, 0.3) is 0 Å². The van der Waals surface area contributed by atoms with E-state index in [-0.39, 0.29) is 5.91 Å². The molecule has 0 aliphatic carbocycles. The number of hydrogen-bond donors (Lipinski definition) is 0. The lowest BCUT2D eigenvalue weighted by Gasteiger charge is -2.28. The number of nitrogens with zero attached hydrogens (tertiary/aromatic N) is 1. The quantitative estimate of drug-likeness (QED) is 0.777. The van der Waals surface area contributed by atoms with Gasteiger partial charge in [-0.15, -0.1) is 0 Å². The van der Waals surface area contributed by atoms with E-state index >= 15 is 0 Å². The number of fused-ring (bicyclic) bond motifs is 1. The first-order valence-corrected chi connectivity index (χ1v) is 8.40. The Balaban J connectivity index is 1.84. The Hall–Kier alpha value is -2.03. The lowest BCUT2D eigenvalue weighted by molar-refractivity contribution is -0.130. The number of likely N-dealkylation sites (tertiary alicyclic amines) is 1. The van der Waals surface area contributed by atoms with E-state index in [1.54, 1.807) is 6.26 Å². The Morgan fingerprint density at radius 2 is 2.00 bits per heavy atom. The molecule has 0 unspecified atom stereocenters. The topological polar surface area (TPSA) is 33.5 Å². The molecule has 23 heavy (non-hydrogen) atoms. The van der Waals surface area contributed by atoms with Gasteiger partial charge in [0, 0.05) is 24.0 Å². The summed E-state index contributed by atoms with van der Waals surface area (Å²) in [6.45, 7) is 12.1. The predicted octanol–water partition coefficient (Wildman–Crippen LogP) is 4.59. The van der Waals surface area contributed by atoms with Crippen LogP contribution in [0.25, 0.3) is 11.0 Å². The number of aryl methyl sites for hydroxylation is 1. The molecule has 1 saturated heterocycles. The minimum Gasteiger partial charge on any atom is -0.464 e. The van der Waals surface area contributed by atoms with Crippen molar-refractivity contribution in [3.05, 3.63) is 47.2 Å². The molecule has 0 spiro atoms. The van der Waals surface area contributed by atoms with E-state index in [4.69, 9.17) is 4.42 Å². The van der Waals surface area contributed by atoms with Crippen LogP contribution in [-0.4, -0.2) is 23.9 Å². The molecule has 122 valence electrons. The van der Waals surface area contributed by atoms with Crippen LogP contribution in [0.3, 0.4) is 0 Å². The Kier molecular flexibility index (Phi) is 4.29. The number of furan rings is 1. The SMILES string of the molecule is C=C1CCN(C(=O)Cc2coc3cc(C)c(C(C)C)cc23)CC1. The van der Waals surface area contributed by atoms with Crippen LogP contribution in [0.15, 0.2) is 35.0 Å². The summed E-state index contributed by atoms with van der Waals surface area (Å²) in [4.78, 5) is 14.5. The molecule has 3 rings (SSSR count). The van der Waals surface area contributed by atoms with Crippen molar-refractivity contribution in [3.63, 3.8) is 0 Å². The van der Waals surface area contributed by atoms with Gasteiger partial charge in [-0.3, -0.25) is 4.79 Å². The Bertz CT molecular complexity index is 744. The second-order valence-electron chi connectivity index (χ2n) is 6.93. The minimum atomic E-state index is 0.187. The lowest BCUT2D eigenvalue weighted by atomic mass is 9.95. The molecule has 0 atom stereocenters. The maximum Gasteiger partial charge on any atom is 0.227 e. The molecule has 1 aliphatic rings. The summed E-state index contributed by atoms with van der Waals surface area (Å²) in [5, 5.41) is 1.08. The lowest BCUT2D eigenvalue weighted by Crippen LogP contribution is -2.37. The first-order chi connectivity index (χ1) is 11.0. The molecule has 0 bridgehead atoms. The Morgan fingerprint density at radius 3 is 2.65 bits per heavy atom. The molecule has 2 heterocycles. The van der Waals surface area contributed by atoms with E-state index in [1.807, 2.05) is 4.90 Å². The summed E-state index contributed by atoms with van der Waals surface area (Å²) in [5.74, 6) is 0.651. The van der Waals surface area contributed by atoms with Crippen LogP contribution in [0.2, 0.25) is 0 Å². The second-order valence-corrected chi connectivity index (χ2v) is 6.93. The molecule has 0 N–H and O–H groups in total. The monoisotopic (exact) mass is 311 g/mol. The number of carbonyl (C=O) groups excluding carboxylic acids is 1. The molecule has 0 saturated carbocycles. The van der Waals surface area contributed by atoms with Gasteiger partial charge in [0.2, 0.25) is 5.91 Å². The van der Waals surface area contributed by atoms with Crippen molar-refractivity contribution in [1.29, 1.82) is 0 Å². The standard InChI is InChI=1S/C20H25NO2/c1-13(2)17-11-18-16(12-23-19(18)9-15(17)4)10-20(22)21-7-5-14(3)6-8-21/h9,11-13H,3,5-8,10H2,1-2,4H3. The highest BCUT2D eigenvalue weighted by Gasteiger charge is 2.20. The van der Waals surface area contributed by atoms with Crippen molar-refractivity contribution >= 4 is 16.9 Å². The van der Waals surface area contributed by atoms with E-state index in [2.05, 4.69) is 39.5 Å². The van der Waals surface area contributed by atoms with E-state index < -0.39 is 0 Å². The molecule has 1 aliphatic heterocycles. The molecule has 0 radical (unpaired) electrons. The molecule has 2 aromatic rings. The largest absolute Gasteiger partial charge is 0.464 e. The third kappa shape index (κ3) is 3.19. The normalized spacial score (nSPS) is 15.7. The Labute approximate surface area is 138 Å². The van der Waals surface area contributed by atoms with Crippen LogP contribution in [0.5, 0.6) is 0 Å². The highest BCUT2D eigenvalue weighted by molar-refractivity contribution is 5.88. The minimum absolute atomic E-state index is 0.187. The van der Waals surface area contributed by atoms with Crippen molar-refractivity contribution in [2.75, 3.05) is 13.1 Å². The predicted molar refractivity (Wildman–Crippen MR) is 93.7 cm³/mol. The van der Waals surface area contributed by atoms with E-state index in [0.717, 1.165) is 42.5 Å². The van der Waals surface area contributed by atoms with Crippen molar-refractivity contribution in [1.82, 2.24) is 4.90 Å². The van der Waals surface area contributed by atoms with Gasteiger partial charge in [-0.25, -0.2) is 0 Å². The smallest absolute Gasteiger partial charge is 0.227 e. The Morgan fingerprint density at radius 1 is 1.30 bits per heavy atom. The summed E-state index contributed by atoms with van der Waals surface area (Å²) in [7, 11) is 0. The third-order valence-corrected chi connectivity index (χ3v) is 4.83. The summed E-state index contributed by atoms with van der Waals surface area (Å²) in [6.07, 6.45) is 4.01. The summed E-state index contributed by atoms with van der Waals surface area (Å²) >= 11 is 0. The summed E-state index contributed by atoms with van der Waals surface area (Å²) in [5.41, 5.74) is 5.69. The van der Waals surface area contributed by atoms with Gasteiger partial charge in [-0.1, -0.05) is 26.0 Å². The van der Waals surface area contributed by atoms with Gasteiger partial charge in [0.05, 0.1) is 12.7 Å². The first kappa shape index (κ1) is 15.9. The van der Waals surface area contributed by atoms with Crippen molar-refractivity contribution in [3.8, 4) is 0 Å². The van der Waals surface area contributed by atoms with Gasteiger partial charge < -0.3 is 9.32 Å². The first-order valence-electron chi connectivity index (χ1n) is 8.40. The van der Waals surface area contributed by atoms with Crippen LogP contribution in [-0.2, 0) is 11.2 Å². The van der Waals surface area contributed by atoms with Gasteiger partial charge in [0.15, 0.2) is 0 Å². The fourth-order valence-electron chi connectivity index (χ4n) is 3.35. The molecule has 1 aromatic heterocycles. The van der Waals surface area contributed by atoms with E-state index in [0.29, 0.717) is 12.3 Å². The highest BCUT2D eigenvalue weighted by atomic mass is 16.3. The number of benzene rings is 1. The van der Waals surface area contributed by atoms with Crippen molar-refractivity contribution in [2.24, 2.45) is 0 Å². The summed E-state index contributed by atoms with van der Waals surface area (Å²) in [6, 6.07) is 4.28. The highest BCUT2D eigenvalue weighted by Crippen LogP contribution is 2.29. The molecule has 3 nitrogen and oxygen atoms in total. The third-order valence-electron chi connectivity index (χ3n) is 4.83. The fourth-order valence-corrected chi connectivity index (χ4v) is 3.35. The van der Waals surface area contributed by atoms with Gasteiger partial charge in [-0.2, -0.15) is 0 Å². The zero-order chi connectivity index (χ0) is 16.6. The average Bonchev–Trinajstić information content (AvgIpc) is 2.88. The maximum atomic E-state index is 12.6. The molecule has 1 amide bonds. The van der Waals surface area contributed by atoms with E-state index in [9.17, 15) is 4.79 Å². The zero-order valence-electron chi connectivity index (χ0n) is 14.3. The number of hydrogen-bond acceptors (Lipinski definition) is 2. The number of amides is 1. The molecular formula is C20H25NO2. The molecule has 1 aromatic carbocycles. The van der Waals surface area contributed by atoms with Crippen LogP contribution >= 0.6 is 0 Å². The van der Waals surface area contributed by atoms with Crippen LogP contribution in [0.4, 0.5) is 0 Å². The number of piperidine rings is 1. The van der Waals surface area contributed by atoms with Crippen molar-refractivity contribution < 1.29 is 9.21 Å². The molecule has 1 fully saturated rings. The van der Waals surface area contributed by atoms with Crippen LogP contribution in [0, 0.1) is 6.92 Å². The van der Waals surface area contributed by atoms with Gasteiger partial charge >= 0.3 is 0 Å². The molecular weight excluding hydrogens is 286 g/mol. The van der Waals surface area contributed by atoms with Crippen molar-refractivity contribution in [2.45, 2.75) is 46.0 Å². The number of carbonyl (C=O) groups is 1. The van der Waals surface area contributed by atoms with Gasteiger partial charge in [-0.05, 0) is 48.9 Å². The average molecular weight is 311 g/mol. The van der Waals surface area contributed by atoms with Crippen LogP contribution in [0.1, 0.15) is 49.3 Å². The fraction of sp³-hybridized carbons (Fsp3) is 0.450. The number of rotatable bonds is 3. The van der Waals surface area contributed by atoms with Gasteiger partial charge in [0.1, 0.15) is 5.58 Å². The van der Waals surface area contributed by atoms with Crippen LogP contribution < -0.4 is 0 Å². The van der Waals surface area contributed by atoms with E-state index in [1.165, 1.54) is 16.7 Å².